The highest BCUT2D eigenvalue weighted by Crippen LogP contribution is 2.28. The van der Waals surface area contributed by atoms with E-state index >= 15 is 0 Å². The number of nitrogens with one attached hydrogen (secondary N) is 1. The number of halogens is 1. The van der Waals surface area contributed by atoms with Crippen molar-refractivity contribution in [2.24, 2.45) is 0 Å². The number of amides is 3. The van der Waals surface area contributed by atoms with Crippen molar-refractivity contribution in [2.45, 2.75) is 13.0 Å². The lowest BCUT2D eigenvalue weighted by Crippen LogP contribution is -2.38. The number of hydrogen-bond acceptors (Lipinski definition) is 6. The third kappa shape index (κ3) is 4.22. The van der Waals surface area contributed by atoms with Crippen LogP contribution < -0.4 is 10.1 Å². The van der Waals surface area contributed by atoms with Crippen molar-refractivity contribution in [2.75, 3.05) is 19.0 Å². The Balaban J connectivity index is 1.61. The Bertz CT molecular complexity index is 971. The van der Waals surface area contributed by atoms with E-state index in [1.165, 1.54) is 32.2 Å². The zero-order valence-electron chi connectivity index (χ0n) is 15.6. The summed E-state index contributed by atoms with van der Waals surface area (Å²) >= 11 is 5.92. The topological polar surface area (TPSA) is 102 Å². The van der Waals surface area contributed by atoms with E-state index in [0.29, 0.717) is 16.5 Å². The summed E-state index contributed by atoms with van der Waals surface area (Å²) in [6, 6.07) is 10.9. The molecule has 0 spiro atoms. The molecule has 29 heavy (non-hydrogen) atoms. The molecule has 2 aromatic carbocycles. The number of carbonyl (C=O) groups excluding carboxylic acids is 4. The lowest BCUT2D eigenvalue weighted by Gasteiger charge is -2.17. The van der Waals surface area contributed by atoms with Crippen LogP contribution in [-0.2, 0) is 14.3 Å². The molecule has 9 heteroatoms. The molecule has 0 aromatic heterocycles. The number of rotatable bonds is 6. The minimum Gasteiger partial charge on any atom is -0.495 e. The summed E-state index contributed by atoms with van der Waals surface area (Å²) in [4.78, 5) is 49.9. The molecular formula is C20H17ClN2O6. The van der Waals surface area contributed by atoms with Crippen molar-refractivity contribution in [1.82, 2.24) is 4.90 Å². The number of anilines is 1. The Morgan fingerprint density at radius 2 is 1.72 bits per heavy atom. The van der Waals surface area contributed by atoms with Crippen LogP contribution in [0.15, 0.2) is 42.5 Å². The lowest BCUT2D eigenvalue weighted by molar-refractivity contribution is -0.153. The van der Waals surface area contributed by atoms with Gasteiger partial charge in [-0.25, -0.2) is 0 Å². The first-order chi connectivity index (χ1) is 13.8. The highest BCUT2D eigenvalue weighted by molar-refractivity contribution is 6.31. The van der Waals surface area contributed by atoms with E-state index in [2.05, 4.69) is 5.32 Å². The van der Waals surface area contributed by atoms with Crippen LogP contribution in [0.5, 0.6) is 5.75 Å². The van der Waals surface area contributed by atoms with Gasteiger partial charge in [0.2, 0.25) is 0 Å². The number of hydrogen-bond donors (Lipinski definition) is 1. The molecule has 1 atom stereocenters. The maximum absolute atomic E-state index is 12.3. The number of fused-ring (bicyclic) bond motifs is 1. The number of benzene rings is 2. The van der Waals surface area contributed by atoms with Gasteiger partial charge in [0.15, 0.2) is 6.10 Å². The van der Waals surface area contributed by atoms with Gasteiger partial charge >= 0.3 is 5.97 Å². The second-order valence-corrected chi connectivity index (χ2v) is 6.64. The summed E-state index contributed by atoms with van der Waals surface area (Å²) in [5.41, 5.74) is 0.765. The summed E-state index contributed by atoms with van der Waals surface area (Å²) in [5, 5.41) is 2.95. The fourth-order valence-corrected chi connectivity index (χ4v) is 2.98. The Labute approximate surface area is 171 Å². The normalized spacial score (nSPS) is 13.7. The van der Waals surface area contributed by atoms with Gasteiger partial charge in [-0.2, -0.15) is 0 Å². The van der Waals surface area contributed by atoms with Crippen LogP contribution in [0.25, 0.3) is 0 Å². The number of methoxy groups -OCH3 is 1. The van der Waals surface area contributed by atoms with Crippen molar-refractivity contribution in [1.29, 1.82) is 0 Å². The van der Waals surface area contributed by atoms with E-state index in [4.69, 9.17) is 21.1 Å². The molecule has 0 saturated heterocycles. The Morgan fingerprint density at radius 1 is 1.10 bits per heavy atom. The molecule has 0 fully saturated rings. The van der Waals surface area contributed by atoms with Crippen LogP contribution in [-0.4, -0.2) is 48.3 Å². The number of carbonyl (C=O) groups is 4. The summed E-state index contributed by atoms with van der Waals surface area (Å²) in [5.74, 6) is -2.29. The summed E-state index contributed by atoms with van der Waals surface area (Å²) in [6.07, 6.45) is -1.18. The van der Waals surface area contributed by atoms with E-state index in [1.54, 1.807) is 24.3 Å². The molecule has 2 aromatic rings. The Morgan fingerprint density at radius 3 is 2.31 bits per heavy atom. The Kier molecular flexibility index (Phi) is 5.84. The van der Waals surface area contributed by atoms with Crippen molar-refractivity contribution in [3.8, 4) is 5.75 Å². The predicted molar refractivity (Wildman–Crippen MR) is 104 cm³/mol. The molecule has 1 aliphatic rings. The van der Waals surface area contributed by atoms with Crippen LogP contribution in [0.4, 0.5) is 5.69 Å². The first kappa shape index (κ1) is 20.3. The molecule has 0 saturated carbocycles. The fraction of sp³-hybridized carbons (Fsp3) is 0.200. The fourth-order valence-electron chi connectivity index (χ4n) is 2.81. The molecule has 0 bridgehead atoms. The average molecular weight is 417 g/mol. The lowest BCUT2D eigenvalue weighted by atomic mass is 10.1. The number of nitrogens with zero attached hydrogens (tertiary/aromatic N) is 1. The van der Waals surface area contributed by atoms with Gasteiger partial charge < -0.3 is 14.8 Å². The van der Waals surface area contributed by atoms with Gasteiger partial charge in [-0.1, -0.05) is 23.7 Å². The Hall–Kier alpha value is -3.39. The van der Waals surface area contributed by atoms with E-state index in [-0.39, 0.29) is 11.1 Å². The average Bonchev–Trinajstić information content (AvgIpc) is 2.93. The first-order valence-electron chi connectivity index (χ1n) is 8.61. The largest absolute Gasteiger partial charge is 0.495 e. The van der Waals surface area contributed by atoms with Crippen molar-refractivity contribution in [3.05, 3.63) is 58.6 Å². The number of esters is 1. The second kappa shape index (κ2) is 8.32. The summed E-state index contributed by atoms with van der Waals surface area (Å²) in [7, 11) is 1.43. The second-order valence-electron chi connectivity index (χ2n) is 6.21. The molecule has 1 aliphatic heterocycles. The van der Waals surface area contributed by atoms with Crippen LogP contribution in [0.1, 0.15) is 27.6 Å². The summed E-state index contributed by atoms with van der Waals surface area (Å²) < 4.78 is 10.2. The van der Waals surface area contributed by atoms with Gasteiger partial charge in [0, 0.05) is 5.02 Å². The first-order valence-corrected chi connectivity index (χ1v) is 8.98. The van der Waals surface area contributed by atoms with Gasteiger partial charge in [-0.15, -0.1) is 0 Å². The molecule has 0 radical (unpaired) electrons. The third-order valence-electron chi connectivity index (χ3n) is 4.26. The number of ether oxygens (including phenoxy) is 2. The molecule has 8 nitrogen and oxygen atoms in total. The third-order valence-corrected chi connectivity index (χ3v) is 4.50. The molecule has 1 N–H and O–H groups in total. The minimum atomic E-state index is -1.18. The molecular weight excluding hydrogens is 400 g/mol. The molecule has 3 amide bonds. The zero-order chi connectivity index (χ0) is 21.1. The molecule has 3 rings (SSSR count). The standard InChI is InChI=1S/C20H17ClN2O6/c1-11(18(25)22-15-9-12(21)7-8-16(15)28-2)29-17(24)10-23-19(26)13-5-3-4-6-14(13)20(23)27/h3-9,11H,10H2,1-2H3,(H,22,25). The molecule has 1 heterocycles. The van der Waals surface area contributed by atoms with E-state index in [0.717, 1.165) is 4.90 Å². The van der Waals surface area contributed by atoms with Crippen LogP contribution in [0.2, 0.25) is 5.02 Å². The van der Waals surface area contributed by atoms with Crippen molar-refractivity contribution < 1.29 is 28.7 Å². The van der Waals surface area contributed by atoms with Crippen LogP contribution >= 0.6 is 11.6 Å². The predicted octanol–water partition coefficient (Wildman–Crippen LogP) is 2.52. The van der Waals surface area contributed by atoms with Crippen molar-refractivity contribution >= 4 is 41.0 Å². The monoisotopic (exact) mass is 416 g/mol. The van der Waals surface area contributed by atoms with Gasteiger partial charge in [0.1, 0.15) is 12.3 Å². The van der Waals surface area contributed by atoms with Gasteiger partial charge in [0.25, 0.3) is 17.7 Å². The quantitative estimate of drug-likeness (QED) is 0.573. The maximum atomic E-state index is 12.3. The maximum Gasteiger partial charge on any atom is 0.326 e. The van der Waals surface area contributed by atoms with Gasteiger partial charge in [-0.3, -0.25) is 24.1 Å². The molecule has 1 unspecified atom stereocenters. The molecule has 0 aliphatic carbocycles. The molecule has 150 valence electrons. The van der Waals surface area contributed by atoms with E-state index in [9.17, 15) is 19.2 Å². The summed E-state index contributed by atoms with van der Waals surface area (Å²) in [6.45, 7) is 0.775. The number of imide groups is 1. The van der Waals surface area contributed by atoms with Gasteiger partial charge in [-0.05, 0) is 37.3 Å². The highest BCUT2D eigenvalue weighted by atomic mass is 35.5. The smallest absolute Gasteiger partial charge is 0.326 e. The zero-order valence-corrected chi connectivity index (χ0v) is 16.4. The van der Waals surface area contributed by atoms with Crippen molar-refractivity contribution in [3.63, 3.8) is 0 Å². The van der Waals surface area contributed by atoms with Crippen LogP contribution in [0.3, 0.4) is 0 Å². The minimum absolute atomic E-state index is 0.226. The van der Waals surface area contributed by atoms with Gasteiger partial charge in [0.05, 0.1) is 23.9 Å². The highest BCUT2D eigenvalue weighted by Gasteiger charge is 2.37. The SMILES string of the molecule is COc1ccc(Cl)cc1NC(=O)C(C)OC(=O)CN1C(=O)c2ccccc2C1=O. The van der Waals surface area contributed by atoms with E-state index < -0.39 is 36.3 Å². The van der Waals surface area contributed by atoms with E-state index in [1.807, 2.05) is 0 Å². The van der Waals surface area contributed by atoms with Crippen LogP contribution in [0, 0.1) is 0 Å².